The van der Waals surface area contributed by atoms with Gasteiger partial charge in [-0.3, -0.25) is 9.48 Å². The van der Waals surface area contributed by atoms with Gasteiger partial charge in [-0.2, -0.15) is 9.49 Å². The van der Waals surface area contributed by atoms with Gasteiger partial charge in [0.2, 0.25) is 5.95 Å². The molecule has 0 spiro atoms. The van der Waals surface area contributed by atoms with Crippen molar-refractivity contribution < 1.29 is 14.3 Å². The van der Waals surface area contributed by atoms with Crippen LogP contribution in [0.1, 0.15) is 56.0 Å². The van der Waals surface area contributed by atoms with E-state index in [1.165, 1.54) is 16.8 Å². The molecule has 0 saturated heterocycles. The number of carboxylic acid groups (broad SMARTS) is 1. The molecule has 0 saturated carbocycles. The molecule has 25 heavy (non-hydrogen) atoms. The van der Waals surface area contributed by atoms with E-state index in [2.05, 4.69) is 15.2 Å². The van der Waals surface area contributed by atoms with E-state index >= 15 is 0 Å². The minimum atomic E-state index is -0.921. The average molecular weight is 343 g/mol. The molecule has 3 aromatic rings. The molecule has 2 atom stereocenters. The van der Waals surface area contributed by atoms with Gasteiger partial charge in [-0.25, -0.2) is 9.50 Å². The Morgan fingerprint density at radius 1 is 1.44 bits per heavy atom. The molecule has 4 rings (SSSR count). The molecule has 8 heteroatoms. The molecule has 2 unspecified atom stereocenters. The third-order valence-electron chi connectivity index (χ3n) is 5.06. The molecule has 0 bridgehead atoms. The van der Waals surface area contributed by atoms with Crippen molar-refractivity contribution in [1.82, 2.24) is 24.4 Å². The second kappa shape index (κ2) is 5.11. The van der Waals surface area contributed by atoms with Gasteiger partial charge in [-0.15, -0.1) is 5.10 Å². The number of carboxylic acids is 1. The van der Waals surface area contributed by atoms with Gasteiger partial charge in [-0.05, 0) is 27.2 Å². The van der Waals surface area contributed by atoms with Crippen LogP contribution in [0.2, 0.25) is 0 Å². The number of carbonyl (C=O) groups is 1. The third kappa shape index (κ3) is 2.16. The van der Waals surface area contributed by atoms with E-state index in [1.807, 2.05) is 31.6 Å². The van der Waals surface area contributed by atoms with E-state index in [9.17, 15) is 14.3 Å². The van der Waals surface area contributed by atoms with Crippen molar-refractivity contribution in [3.05, 3.63) is 47.4 Å². The summed E-state index contributed by atoms with van der Waals surface area (Å²) in [5.41, 5.74) is 1.84. The quantitative estimate of drug-likeness (QED) is 0.790. The van der Waals surface area contributed by atoms with Gasteiger partial charge < -0.3 is 5.11 Å². The Kier molecular flexibility index (Phi) is 3.22. The Morgan fingerprint density at radius 3 is 2.84 bits per heavy atom. The summed E-state index contributed by atoms with van der Waals surface area (Å²) >= 11 is 0. The van der Waals surface area contributed by atoms with Crippen LogP contribution in [0.5, 0.6) is 0 Å². The highest BCUT2D eigenvalue weighted by Gasteiger charge is 2.47. The fourth-order valence-electron chi connectivity index (χ4n) is 3.72. The maximum Gasteiger partial charge on any atom is 0.311 e. The van der Waals surface area contributed by atoms with Crippen molar-refractivity contribution in [1.29, 1.82) is 0 Å². The number of hydrogen-bond donors (Lipinski definition) is 1. The Bertz CT molecular complexity index is 992. The lowest BCUT2D eigenvalue weighted by molar-refractivity contribution is -0.138. The Labute approximate surface area is 143 Å². The maximum absolute atomic E-state index is 13.7. The van der Waals surface area contributed by atoms with Crippen molar-refractivity contribution >= 4 is 11.6 Å². The van der Waals surface area contributed by atoms with Gasteiger partial charge in [0.1, 0.15) is 0 Å². The number of nitrogens with zero attached hydrogens (tertiary/aromatic N) is 5. The van der Waals surface area contributed by atoms with E-state index in [-0.39, 0.29) is 6.04 Å². The molecule has 1 aliphatic carbocycles. The molecule has 130 valence electrons. The number of fused-ring (bicyclic) bond motifs is 3. The molecule has 3 heterocycles. The zero-order chi connectivity index (χ0) is 17.9. The number of halogens is 1. The second-order valence-corrected chi connectivity index (χ2v) is 7.03. The average Bonchev–Trinajstić information content (AvgIpc) is 3.22. The summed E-state index contributed by atoms with van der Waals surface area (Å²) in [5.74, 6) is -2.28. The summed E-state index contributed by atoms with van der Waals surface area (Å²) in [6.07, 6.45) is 5.55. The molecule has 3 aromatic heterocycles. The minimum absolute atomic E-state index is 0.188. The van der Waals surface area contributed by atoms with E-state index in [4.69, 9.17) is 0 Å². The van der Waals surface area contributed by atoms with Crippen LogP contribution in [-0.4, -0.2) is 35.5 Å². The lowest BCUT2D eigenvalue weighted by Crippen LogP contribution is -2.24. The van der Waals surface area contributed by atoms with E-state index in [0.717, 1.165) is 5.56 Å². The SMILES string of the molecule is CC(C)n1cc(C2(C)CC(C(=O)O)c3cnc4cc(F)nn4c32)cn1. The Morgan fingerprint density at radius 2 is 2.20 bits per heavy atom. The molecule has 1 aliphatic rings. The van der Waals surface area contributed by atoms with E-state index < -0.39 is 23.2 Å². The van der Waals surface area contributed by atoms with Gasteiger partial charge in [-0.1, -0.05) is 0 Å². The first-order chi connectivity index (χ1) is 11.8. The van der Waals surface area contributed by atoms with Crippen molar-refractivity contribution in [2.45, 2.75) is 44.6 Å². The number of hydrogen-bond acceptors (Lipinski definition) is 4. The van der Waals surface area contributed by atoms with Gasteiger partial charge in [0.05, 0.1) is 17.8 Å². The summed E-state index contributed by atoms with van der Waals surface area (Å²) in [5, 5.41) is 17.9. The Hall–Kier alpha value is -2.77. The molecular weight excluding hydrogens is 325 g/mol. The topological polar surface area (TPSA) is 85.3 Å². The number of rotatable bonds is 3. The summed E-state index contributed by atoms with van der Waals surface area (Å²) < 4.78 is 17.0. The van der Waals surface area contributed by atoms with Crippen LogP contribution < -0.4 is 0 Å². The zero-order valence-electron chi connectivity index (χ0n) is 14.1. The summed E-state index contributed by atoms with van der Waals surface area (Å²) in [4.78, 5) is 16.0. The van der Waals surface area contributed by atoms with Crippen LogP contribution in [0.15, 0.2) is 24.7 Å². The maximum atomic E-state index is 13.7. The predicted molar refractivity (Wildman–Crippen MR) is 87.0 cm³/mol. The minimum Gasteiger partial charge on any atom is -0.481 e. The first kappa shape index (κ1) is 15.7. The molecule has 0 aromatic carbocycles. The number of aromatic nitrogens is 5. The summed E-state index contributed by atoms with van der Waals surface area (Å²) in [7, 11) is 0. The fraction of sp³-hybridized carbons (Fsp3) is 0.412. The Balaban J connectivity index is 1.99. The smallest absolute Gasteiger partial charge is 0.311 e. The third-order valence-corrected chi connectivity index (χ3v) is 5.06. The van der Waals surface area contributed by atoms with Crippen LogP contribution >= 0.6 is 0 Å². The highest BCUT2D eigenvalue weighted by Crippen LogP contribution is 2.49. The van der Waals surface area contributed by atoms with Gasteiger partial charge in [0, 0.05) is 41.0 Å². The fourth-order valence-corrected chi connectivity index (χ4v) is 3.72. The van der Waals surface area contributed by atoms with Crippen LogP contribution in [0.3, 0.4) is 0 Å². The van der Waals surface area contributed by atoms with Gasteiger partial charge >= 0.3 is 5.97 Å². The lowest BCUT2D eigenvalue weighted by atomic mass is 9.80. The highest BCUT2D eigenvalue weighted by atomic mass is 19.1. The molecule has 7 nitrogen and oxygen atoms in total. The van der Waals surface area contributed by atoms with Crippen molar-refractivity contribution in [3.63, 3.8) is 0 Å². The monoisotopic (exact) mass is 343 g/mol. The first-order valence-corrected chi connectivity index (χ1v) is 8.13. The molecular formula is C17H18FN5O2. The van der Waals surface area contributed by atoms with Crippen LogP contribution in [0.4, 0.5) is 4.39 Å². The first-order valence-electron chi connectivity index (χ1n) is 8.13. The van der Waals surface area contributed by atoms with E-state index in [0.29, 0.717) is 23.3 Å². The van der Waals surface area contributed by atoms with Gasteiger partial charge in [0.15, 0.2) is 5.65 Å². The van der Waals surface area contributed by atoms with Crippen LogP contribution in [-0.2, 0) is 10.2 Å². The standard InChI is InChI=1S/C17H18FN5O2/c1-9(2)22-8-10(6-20-22)17(3)5-11(16(24)25)12-7-19-14-4-13(18)21-23(14)15(12)17/h4,6-9,11H,5H2,1-3H3,(H,24,25). The lowest BCUT2D eigenvalue weighted by Gasteiger charge is -2.24. The molecule has 0 fully saturated rings. The summed E-state index contributed by atoms with van der Waals surface area (Å²) in [6, 6.07) is 1.43. The van der Waals surface area contributed by atoms with E-state index in [1.54, 1.807) is 6.20 Å². The normalized spacial score (nSPS) is 22.7. The second-order valence-electron chi connectivity index (χ2n) is 7.03. The van der Waals surface area contributed by atoms with Crippen molar-refractivity contribution in [2.24, 2.45) is 0 Å². The highest BCUT2D eigenvalue weighted by molar-refractivity contribution is 5.79. The molecule has 0 amide bonds. The van der Waals surface area contributed by atoms with Crippen LogP contribution in [0, 0.1) is 5.95 Å². The van der Waals surface area contributed by atoms with Crippen molar-refractivity contribution in [3.8, 4) is 0 Å². The summed E-state index contributed by atoms with van der Waals surface area (Å²) in [6.45, 7) is 6.00. The van der Waals surface area contributed by atoms with Crippen LogP contribution in [0.25, 0.3) is 5.65 Å². The number of aliphatic carboxylic acids is 1. The molecule has 0 radical (unpaired) electrons. The van der Waals surface area contributed by atoms with Gasteiger partial charge in [0.25, 0.3) is 0 Å². The van der Waals surface area contributed by atoms with Crippen molar-refractivity contribution in [2.75, 3.05) is 0 Å². The zero-order valence-corrected chi connectivity index (χ0v) is 14.1. The predicted octanol–water partition coefficient (Wildman–Crippen LogP) is 2.52. The molecule has 1 N–H and O–H groups in total. The molecule has 0 aliphatic heterocycles. The largest absolute Gasteiger partial charge is 0.481 e.